The molecule has 3 fully saturated rings. The standard InChI is InChI=1S/C11H22NO/c1-2-3-6-12-7-4-10(5-8-12)11(13)9-12/h10-11,13H,2-9H2,1H3/q+1. The Kier molecular flexibility index (Phi) is 2.61. The average molecular weight is 184 g/mol. The van der Waals surface area contributed by atoms with Crippen LogP contribution in [0, 0.1) is 5.92 Å². The molecule has 1 atom stereocenters. The Morgan fingerprint density at radius 2 is 2.00 bits per heavy atom. The summed E-state index contributed by atoms with van der Waals surface area (Å²) >= 11 is 0. The van der Waals surface area contributed by atoms with Gasteiger partial charge in [-0.05, 0) is 6.42 Å². The van der Waals surface area contributed by atoms with E-state index in [-0.39, 0.29) is 6.10 Å². The molecule has 3 saturated heterocycles. The molecule has 1 N–H and O–H groups in total. The second-order valence-corrected chi connectivity index (χ2v) is 4.95. The molecule has 3 aliphatic heterocycles. The highest BCUT2D eigenvalue weighted by Gasteiger charge is 2.44. The molecule has 0 aromatic carbocycles. The number of piperidine rings is 3. The lowest BCUT2D eigenvalue weighted by Crippen LogP contribution is -2.63. The number of aliphatic hydroxyl groups is 1. The van der Waals surface area contributed by atoms with Crippen molar-refractivity contribution in [3.8, 4) is 0 Å². The van der Waals surface area contributed by atoms with E-state index in [4.69, 9.17) is 0 Å². The van der Waals surface area contributed by atoms with Crippen LogP contribution in [0.3, 0.4) is 0 Å². The van der Waals surface area contributed by atoms with Crippen LogP contribution in [0.15, 0.2) is 0 Å². The summed E-state index contributed by atoms with van der Waals surface area (Å²) in [5, 5.41) is 9.85. The molecular weight excluding hydrogens is 162 g/mol. The molecule has 3 heterocycles. The lowest BCUT2D eigenvalue weighted by molar-refractivity contribution is -0.946. The van der Waals surface area contributed by atoms with Gasteiger partial charge in [0.2, 0.25) is 0 Å². The van der Waals surface area contributed by atoms with Crippen molar-refractivity contribution in [2.45, 2.75) is 38.7 Å². The van der Waals surface area contributed by atoms with Crippen LogP contribution in [0.25, 0.3) is 0 Å². The molecule has 0 aromatic heterocycles. The monoisotopic (exact) mass is 184 g/mol. The van der Waals surface area contributed by atoms with E-state index in [0.717, 1.165) is 6.54 Å². The number of rotatable bonds is 3. The van der Waals surface area contributed by atoms with Crippen molar-refractivity contribution in [1.29, 1.82) is 0 Å². The number of unbranched alkanes of at least 4 members (excludes halogenated alkanes) is 1. The predicted octanol–water partition coefficient (Wildman–Crippen LogP) is 1.39. The highest BCUT2D eigenvalue weighted by molar-refractivity contribution is 4.79. The third kappa shape index (κ3) is 1.75. The first-order valence-electron chi connectivity index (χ1n) is 5.79. The van der Waals surface area contributed by atoms with Crippen molar-refractivity contribution in [1.82, 2.24) is 0 Å². The number of nitrogens with zero attached hydrogens (tertiary/aromatic N) is 1. The van der Waals surface area contributed by atoms with E-state index in [9.17, 15) is 5.11 Å². The van der Waals surface area contributed by atoms with E-state index in [2.05, 4.69) is 6.92 Å². The van der Waals surface area contributed by atoms with Crippen molar-refractivity contribution in [2.75, 3.05) is 26.2 Å². The summed E-state index contributed by atoms with van der Waals surface area (Å²) in [6.45, 7) is 7.28. The van der Waals surface area contributed by atoms with E-state index in [0.29, 0.717) is 5.92 Å². The SMILES string of the molecule is CCCC[N+]12CCC(CC1)C(O)C2. The number of quaternary nitrogens is 1. The minimum atomic E-state index is 0.0133. The van der Waals surface area contributed by atoms with Gasteiger partial charge in [-0.3, -0.25) is 0 Å². The third-order valence-electron chi connectivity index (χ3n) is 4.05. The van der Waals surface area contributed by atoms with Crippen molar-refractivity contribution in [3.63, 3.8) is 0 Å². The van der Waals surface area contributed by atoms with Crippen LogP contribution in [0.5, 0.6) is 0 Å². The van der Waals surface area contributed by atoms with Gasteiger partial charge < -0.3 is 9.59 Å². The zero-order valence-electron chi connectivity index (χ0n) is 8.71. The van der Waals surface area contributed by atoms with E-state index in [1.807, 2.05) is 0 Å². The minimum Gasteiger partial charge on any atom is -0.387 e. The number of hydrogen-bond donors (Lipinski definition) is 1. The lowest BCUT2D eigenvalue weighted by Gasteiger charge is -2.51. The average Bonchev–Trinajstić information content (AvgIpc) is 2.16. The predicted molar refractivity (Wildman–Crippen MR) is 53.4 cm³/mol. The van der Waals surface area contributed by atoms with Gasteiger partial charge in [-0.25, -0.2) is 0 Å². The first-order chi connectivity index (χ1) is 6.26. The highest BCUT2D eigenvalue weighted by atomic mass is 16.3. The Morgan fingerprint density at radius 3 is 2.54 bits per heavy atom. The first kappa shape index (κ1) is 9.47. The fourth-order valence-corrected chi connectivity index (χ4v) is 3.06. The molecule has 0 aromatic rings. The summed E-state index contributed by atoms with van der Waals surface area (Å²) in [6.07, 6.45) is 5.17. The van der Waals surface area contributed by atoms with Gasteiger partial charge in [-0.1, -0.05) is 13.3 Å². The van der Waals surface area contributed by atoms with Crippen molar-refractivity contribution in [3.05, 3.63) is 0 Å². The van der Waals surface area contributed by atoms with E-state index >= 15 is 0 Å². The number of aliphatic hydroxyl groups excluding tert-OH is 1. The van der Waals surface area contributed by atoms with Gasteiger partial charge in [0.05, 0.1) is 19.6 Å². The Hall–Kier alpha value is -0.0800. The van der Waals surface area contributed by atoms with Crippen molar-refractivity contribution in [2.24, 2.45) is 5.92 Å². The van der Waals surface area contributed by atoms with E-state index in [1.54, 1.807) is 0 Å². The van der Waals surface area contributed by atoms with Crippen LogP contribution in [0.4, 0.5) is 0 Å². The first-order valence-corrected chi connectivity index (χ1v) is 5.79. The highest BCUT2D eigenvalue weighted by Crippen LogP contribution is 2.33. The van der Waals surface area contributed by atoms with Crippen LogP contribution in [-0.2, 0) is 0 Å². The second kappa shape index (κ2) is 3.58. The summed E-state index contributed by atoms with van der Waals surface area (Å²) in [5.74, 6) is 0.640. The molecule has 2 heteroatoms. The van der Waals surface area contributed by atoms with Gasteiger partial charge in [-0.15, -0.1) is 0 Å². The number of fused-ring (bicyclic) bond motifs is 3. The van der Waals surface area contributed by atoms with Gasteiger partial charge >= 0.3 is 0 Å². The molecule has 76 valence electrons. The summed E-state index contributed by atoms with van der Waals surface area (Å²) in [5.41, 5.74) is 0. The molecule has 0 aliphatic carbocycles. The van der Waals surface area contributed by atoms with E-state index in [1.165, 1.54) is 49.8 Å². The summed E-state index contributed by atoms with van der Waals surface area (Å²) in [7, 11) is 0. The maximum Gasteiger partial charge on any atom is 0.106 e. The fraction of sp³-hybridized carbons (Fsp3) is 1.00. The lowest BCUT2D eigenvalue weighted by atomic mass is 9.83. The molecule has 1 unspecified atom stereocenters. The van der Waals surface area contributed by atoms with Crippen LogP contribution in [-0.4, -0.2) is 41.9 Å². The van der Waals surface area contributed by atoms with Gasteiger partial charge in [0.1, 0.15) is 12.6 Å². The Bertz CT molecular complexity index is 173. The van der Waals surface area contributed by atoms with Gasteiger partial charge in [0.25, 0.3) is 0 Å². The van der Waals surface area contributed by atoms with Gasteiger partial charge in [-0.2, -0.15) is 0 Å². The molecule has 0 radical (unpaired) electrons. The molecule has 3 rings (SSSR count). The Morgan fingerprint density at radius 1 is 1.31 bits per heavy atom. The normalized spacial score (nSPS) is 43.8. The maximum absolute atomic E-state index is 9.85. The Balaban J connectivity index is 1.96. The summed E-state index contributed by atoms with van der Waals surface area (Å²) in [6, 6.07) is 0. The molecule has 0 spiro atoms. The molecule has 3 aliphatic rings. The molecule has 0 amide bonds. The smallest absolute Gasteiger partial charge is 0.106 e. The van der Waals surface area contributed by atoms with Gasteiger partial charge in [0.15, 0.2) is 0 Å². The van der Waals surface area contributed by atoms with Crippen LogP contribution < -0.4 is 0 Å². The molecular formula is C11H22NO+. The van der Waals surface area contributed by atoms with Gasteiger partial charge in [0, 0.05) is 18.8 Å². The van der Waals surface area contributed by atoms with Crippen LogP contribution in [0.1, 0.15) is 32.6 Å². The van der Waals surface area contributed by atoms with Crippen molar-refractivity contribution < 1.29 is 9.59 Å². The van der Waals surface area contributed by atoms with Crippen LogP contribution >= 0.6 is 0 Å². The molecule has 2 bridgehead atoms. The zero-order chi connectivity index (χ0) is 9.31. The zero-order valence-corrected chi connectivity index (χ0v) is 8.71. The molecule has 2 nitrogen and oxygen atoms in total. The summed E-state index contributed by atoms with van der Waals surface area (Å²) < 4.78 is 1.23. The maximum atomic E-state index is 9.85. The number of hydrogen-bond acceptors (Lipinski definition) is 1. The quantitative estimate of drug-likeness (QED) is 0.657. The second-order valence-electron chi connectivity index (χ2n) is 4.95. The topological polar surface area (TPSA) is 20.2 Å². The minimum absolute atomic E-state index is 0.0133. The van der Waals surface area contributed by atoms with Crippen LogP contribution in [0.2, 0.25) is 0 Å². The largest absolute Gasteiger partial charge is 0.387 e. The molecule has 13 heavy (non-hydrogen) atoms. The third-order valence-corrected chi connectivity index (χ3v) is 4.05. The fourth-order valence-electron chi connectivity index (χ4n) is 3.06. The summed E-state index contributed by atoms with van der Waals surface area (Å²) in [4.78, 5) is 0. The molecule has 0 saturated carbocycles. The van der Waals surface area contributed by atoms with E-state index < -0.39 is 0 Å². The Labute approximate surface area is 81.1 Å². The van der Waals surface area contributed by atoms with Crippen molar-refractivity contribution >= 4 is 0 Å².